The highest BCUT2D eigenvalue weighted by atomic mass is 19.2. The molecule has 0 aromatic heterocycles. The zero-order valence-electron chi connectivity index (χ0n) is 12.3. The zero-order chi connectivity index (χ0) is 14.7. The van der Waals surface area contributed by atoms with Crippen LogP contribution in [0.25, 0.3) is 0 Å². The second-order valence-corrected chi connectivity index (χ2v) is 6.73. The summed E-state index contributed by atoms with van der Waals surface area (Å²) in [5.74, 6) is -1.45. The monoisotopic (exact) mass is 280 g/mol. The lowest BCUT2D eigenvalue weighted by atomic mass is 9.74. The van der Waals surface area contributed by atoms with Gasteiger partial charge < -0.3 is 9.31 Å². The van der Waals surface area contributed by atoms with Gasteiger partial charge in [0.1, 0.15) is 0 Å². The molecule has 5 heteroatoms. The molecule has 0 spiro atoms. The van der Waals surface area contributed by atoms with E-state index in [1.165, 1.54) is 0 Å². The molecule has 0 N–H and O–H groups in total. The molecule has 2 fully saturated rings. The second-order valence-electron chi connectivity index (χ2n) is 6.73. The van der Waals surface area contributed by atoms with Crippen LogP contribution in [0.4, 0.5) is 8.78 Å². The van der Waals surface area contributed by atoms with Gasteiger partial charge in [0.05, 0.1) is 11.2 Å². The number of rotatable bonds is 2. The summed E-state index contributed by atoms with van der Waals surface area (Å²) in [6, 6.07) is 2.75. The largest absolute Gasteiger partial charge is 0.495 e. The summed E-state index contributed by atoms with van der Waals surface area (Å²) in [6.07, 6.45) is 1.79. The molecular formula is C15H19BF2O2. The molecule has 3 rings (SSSR count). The lowest BCUT2D eigenvalue weighted by molar-refractivity contribution is 0.00578. The van der Waals surface area contributed by atoms with E-state index in [0.717, 1.165) is 18.9 Å². The van der Waals surface area contributed by atoms with Crippen molar-refractivity contribution in [2.45, 2.75) is 57.7 Å². The minimum absolute atomic E-state index is 0.0970. The van der Waals surface area contributed by atoms with Crippen LogP contribution in [0, 0.1) is 11.6 Å². The van der Waals surface area contributed by atoms with Gasteiger partial charge in [0.25, 0.3) is 0 Å². The van der Waals surface area contributed by atoms with E-state index >= 15 is 0 Å². The first-order valence-electron chi connectivity index (χ1n) is 7.06. The molecule has 1 aliphatic heterocycles. The van der Waals surface area contributed by atoms with Crippen molar-refractivity contribution in [3.05, 3.63) is 29.3 Å². The molecule has 1 aromatic rings. The highest BCUT2D eigenvalue weighted by molar-refractivity contribution is 6.62. The van der Waals surface area contributed by atoms with Gasteiger partial charge in [-0.3, -0.25) is 0 Å². The maximum Gasteiger partial charge on any atom is 0.495 e. The number of halogens is 2. The predicted octanol–water partition coefficient (Wildman–Crippen LogP) is 3.14. The fourth-order valence-corrected chi connectivity index (χ4v) is 2.54. The van der Waals surface area contributed by atoms with E-state index < -0.39 is 30.0 Å². The molecule has 2 aliphatic rings. The summed E-state index contributed by atoms with van der Waals surface area (Å²) in [6.45, 7) is 7.79. The van der Waals surface area contributed by atoms with Gasteiger partial charge in [-0.25, -0.2) is 8.78 Å². The standard InChI is InChI=1S/C15H19BF2O2/c1-14(2)15(3,4)20-16(19-14)10-7-8-11(17)13(18)12(10)9-5-6-9/h7-9H,5-6H2,1-4H3. The Morgan fingerprint density at radius 3 is 2.10 bits per heavy atom. The topological polar surface area (TPSA) is 18.5 Å². The van der Waals surface area contributed by atoms with Crippen molar-refractivity contribution in [1.82, 2.24) is 0 Å². The molecule has 1 heterocycles. The number of benzene rings is 1. The van der Waals surface area contributed by atoms with Crippen LogP contribution in [0.5, 0.6) is 0 Å². The van der Waals surface area contributed by atoms with Crippen LogP contribution in [0.1, 0.15) is 52.0 Å². The Bertz CT molecular complexity index is 537. The van der Waals surface area contributed by atoms with E-state index in [4.69, 9.17) is 9.31 Å². The van der Waals surface area contributed by atoms with Crippen LogP contribution in [0.3, 0.4) is 0 Å². The average Bonchev–Trinajstić information content (AvgIpc) is 3.11. The van der Waals surface area contributed by atoms with E-state index in [1.54, 1.807) is 6.07 Å². The molecule has 108 valence electrons. The summed E-state index contributed by atoms with van der Waals surface area (Å²) < 4.78 is 39.5. The van der Waals surface area contributed by atoms with Gasteiger partial charge in [-0.1, -0.05) is 6.07 Å². The van der Waals surface area contributed by atoms with Gasteiger partial charge in [-0.05, 0) is 63.5 Å². The summed E-state index contributed by atoms with van der Waals surface area (Å²) in [5.41, 5.74) is 0.0979. The Hall–Kier alpha value is -0.935. The van der Waals surface area contributed by atoms with Crippen molar-refractivity contribution < 1.29 is 18.1 Å². The van der Waals surface area contributed by atoms with Gasteiger partial charge in [-0.15, -0.1) is 0 Å². The molecule has 0 radical (unpaired) electrons. The average molecular weight is 280 g/mol. The minimum Gasteiger partial charge on any atom is -0.399 e. The van der Waals surface area contributed by atoms with Crippen LogP contribution in [0.2, 0.25) is 0 Å². The normalized spacial score (nSPS) is 24.2. The molecule has 20 heavy (non-hydrogen) atoms. The molecule has 0 unspecified atom stereocenters. The molecule has 0 atom stereocenters. The molecule has 0 bridgehead atoms. The van der Waals surface area contributed by atoms with Crippen molar-refractivity contribution >= 4 is 12.6 Å². The van der Waals surface area contributed by atoms with Crippen molar-refractivity contribution in [3.8, 4) is 0 Å². The Labute approximate surface area is 118 Å². The Morgan fingerprint density at radius 1 is 1.05 bits per heavy atom. The van der Waals surface area contributed by atoms with Crippen LogP contribution >= 0.6 is 0 Å². The van der Waals surface area contributed by atoms with E-state index in [1.807, 2.05) is 27.7 Å². The Morgan fingerprint density at radius 2 is 1.60 bits per heavy atom. The van der Waals surface area contributed by atoms with Gasteiger partial charge in [-0.2, -0.15) is 0 Å². The van der Waals surface area contributed by atoms with E-state index in [-0.39, 0.29) is 5.92 Å². The second kappa shape index (κ2) is 4.28. The van der Waals surface area contributed by atoms with Crippen molar-refractivity contribution in [2.75, 3.05) is 0 Å². The SMILES string of the molecule is CC1(C)OB(c2ccc(F)c(F)c2C2CC2)OC1(C)C. The number of hydrogen-bond acceptors (Lipinski definition) is 2. The first-order chi connectivity index (χ1) is 9.23. The molecule has 2 nitrogen and oxygen atoms in total. The van der Waals surface area contributed by atoms with E-state index in [2.05, 4.69) is 0 Å². The first-order valence-corrected chi connectivity index (χ1v) is 7.06. The summed E-state index contributed by atoms with van der Waals surface area (Å²) >= 11 is 0. The van der Waals surface area contributed by atoms with Crippen LogP contribution < -0.4 is 5.46 Å². The van der Waals surface area contributed by atoms with Crippen molar-refractivity contribution in [2.24, 2.45) is 0 Å². The van der Waals surface area contributed by atoms with Crippen molar-refractivity contribution in [3.63, 3.8) is 0 Å². The molecule has 1 saturated carbocycles. The number of hydrogen-bond donors (Lipinski definition) is 0. The predicted molar refractivity (Wildman–Crippen MR) is 74.0 cm³/mol. The fraction of sp³-hybridized carbons (Fsp3) is 0.600. The maximum atomic E-state index is 14.1. The van der Waals surface area contributed by atoms with E-state index in [0.29, 0.717) is 11.0 Å². The summed E-state index contributed by atoms with van der Waals surface area (Å²) in [4.78, 5) is 0. The van der Waals surface area contributed by atoms with Crippen LogP contribution in [-0.4, -0.2) is 18.3 Å². The molecule has 1 aromatic carbocycles. The quantitative estimate of drug-likeness (QED) is 0.775. The third-order valence-electron chi connectivity index (χ3n) is 4.66. The first kappa shape index (κ1) is 14.0. The third-order valence-corrected chi connectivity index (χ3v) is 4.66. The maximum absolute atomic E-state index is 14.1. The van der Waals surface area contributed by atoms with Crippen LogP contribution in [-0.2, 0) is 9.31 Å². The lowest BCUT2D eigenvalue weighted by Crippen LogP contribution is -2.41. The molecular weight excluding hydrogens is 261 g/mol. The highest BCUT2D eigenvalue weighted by Gasteiger charge is 2.53. The third kappa shape index (κ3) is 2.08. The Balaban J connectivity index is 2.02. The minimum atomic E-state index is -0.799. The zero-order valence-corrected chi connectivity index (χ0v) is 12.3. The smallest absolute Gasteiger partial charge is 0.399 e. The van der Waals surface area contributed by atoms with Gasteiger partial charge >= 0.3 is 7.12 Å². The molecule has 0 amide bonds. The fourth-order valence-electron chi connectivity index (χ4n) is 2.54. The van der Waals surface area contributed by atoms with E-state index in [9.17, 15) is 8.78 Å². The Kier molecular flexibility index (Phi) is 3.00. The highest BCUT2D eigenvalue weighted by Crippen LogP contribution is 2.43. The molecule has 1 saturated heterocycles. The lowest BCUT2D eigenvalue weighted by Gasteiger charge is -2.32. The van der Waals surface area contributed by atoms with Gasteiger partial charge in [0.15, 0.2) is 11.6 Å². The summed E-state index contributed by atoms with van der Waals surface area (Å²) in [5, 5.41) is 0. The van der Waals surface area contributed by atoms with Gasteiger partial charge in [0, 0.05) is 0 Å². The van der Waals surface area contributed by atoms with Gasteiger partial charge in [0.2, 0.25) is 0 Å². The molecule has 1 aliphatic carbocycles. The van der Waals surface area contributed by atoms with Crippen LogP contribution in [0.15, 0.2) is 12.1 Å². The van der Waals surface area contributed by atoms with Crippen molar-refractivity contribution in [1.29, 1.82) is 0 Å². The summed E-state index contributed by atoms with van der Waals surface area (Å²) in [7, 11) is -0.634.